The van der Waals surface area contributed by atoms with Gasteiger partial charge in [0.2, 0.25) is 0 Å². The van der Waals surface area contributed by atoms with Gasteiger partial charge >= 0.3 is 0 Å². The van der Waals surface area contributed by atoms with Crippen molar-refractivity contribution >= 4 is 48.6 Å². The molecule has 9 aromatic carbocycles. The van der Waals surface area contributed by atoms with Crippen LogP contribution in [-0.2, 0) is 10.8 Å². The molecule has 0 saturated heterocycles. The molecular weight excluding hydrogens is 767 g/mol. The van der Waals surface area contributed by atoms with Crippen LogP contribution in [0.4, 0.5) is 17.1 Å². The first-order valence-corrected chi connectivity index (χ1v) is 22.6. The van der Waals surface area contributed by atoms with E-state index in [1.54, 1.807) is 0 Å². The summed E-state index contributed by atoms with van der Waals surface area (Å²) in [5.41, 5.74) is 21.6. The van der Waals surface area contributed by atoms with E-state index in [9.17, 15) is 0 Å². The number of hydrogen-bond donors (Lipinski definition) is 0. The summed E-state index contributed by atoms with van der Waals surface area (Å²) in [5, 5.41) is 2.65. The monoisotopic (exact) mass is 811 g/mol. The lowest BCUT2D eigenvalue weighted by Gasteiger charge is -2.29. The van der Waals surface area contributed by atoms with Gasteiger partial charge in [-0.3, -0.25) is 0 Å². The molecule has 0 fully saturated rings. The van der Waals surface area contributed by atoms with Crippen molar-refractivity contribution in [2.45, 2.75) is 38.5 Å². The Labute approximate surface area is 368 Å². The molecule has 0 spiro atoms. The first kappa shape index (κ1) is 36.8. The van der Waals surface area contributed by atoms with Crippen molar-refractivity contribution in [2.24, 2.45) is 0 Å². The van der Waals surface area contributed by atoms with Gasteiger partial charge in [0.15, 0.2) is 0 Å². The zero-order valence-electron chi connectivity index (χ0n) is 35.4. The summed E-state index contributed by atoms with van der Waals surface area (Å²) < 4.78 is 2.66. The van der Waals surface area contributed by atoms with Gasteiger partial charge < -0.3 is 4.90 Å². The molecule has 0 amide bonds. The van der Waals surface area contributed by atoms with Crippen LogP contribution in [0.15, 0.2) is 200 Å². The predicted molar refractivity (Wildman–Crippen MR) is 265 cm³/mol. The van der Waals surface area contributed by atoms with E-state index >= 15 is 0 Å². The Morgan fingerprint density at radius 1 is 0.339 bits per heavy atom. The highest BCUT2D eigenvalue weighted by Gasteiger charge is 2.38. The minimum atomic E-state index is -0.0984. The largest absolute Gasteiger partial charge is 0.310 e. The molecule has 2 aliphatic carbocycles. The summed E-state index contributed by atoms with van der Waals surface area (Å²) in [7, 11) is 0. The molecule has 0 bridgehead atoms. The van der Waals surface area contributed by atoms with Crippen LogP contribution in [0.1, 0.15) is 49.9 Å². The number of fused-ring (bicyclic) bond motifs is 9. The number of rotatable bonds is 6. The average Bonchev–Trinajstić information content (AvgIpc) is 3.89. The van der Waals surface area contributed by atoms with Crippen LogP contribution in [0.3, 0.4) is 0 Å². The van der Waals surface area contributed by atoms with E-state index < -0.39 is 0 Å². The van der Waals surface area contributed by atoms with Crippen molar-refractivity contribution in [3.8, 4) is 55.6 Å². The first-order valence-electron chi connectivity index (χ1n) is 21.7. The van der Waals surface area contributed by atoms with Crippen molar-refractivity contribution in [1.82, 2.24) is 0 Å². The van der Waals surface area contributed by atoms with E-state index in [0.717, 1.165) is 11.4 Å². The summed E-state index contributed by atoms with van der Waals surface area (Å²) in [6.45, 7) is 9.40. The lowest BCUT2D eigenvalue weighted by Crippen LogP contribution is -2.16. The third-order valence-corrected chi connectivity index (χ3v) is 15.1. The minimum absolute atomic E-state index is 0.0106. The van der Waals surface area contributed by atoms with Gasteiger partial charge in [-0.25, -0.2) is 0 Å². The van der Waals surface area contributed by atoms with Gasteiger partial charge in [0.25, 0.3) is 0 Å². The highest BCUT2D eigenvalue weighted by Crippen LogP contribution is 2.54. The zero-order valence-corrected chi connectivity index (χ0v) is 36.2. The van der Waals surface area contributed by atoms with Crippen LogP contribution >= 0.6 is 11.3 Å². The van der Waals surface area contributed by atoms with Crippen LogP contribution in [0, 0.1) is 0 Å². The van der Waals surface area contributed by atoms with Crippen LogP contribution in [-0.4, -0.2) is 0 Å². The van der Waals surface area contributed by atoms with E-state index in [1.165, 1.54) is 104 Å². The maximum absolute atomic E-state index is 2.45. The molecule has 0 N–H and O–H groups in total. The molecule has 10 aromatic rings. The van der Waals surface area contributed by atoms with Gasteiger partial charge in [-0.2, -0.15) is 0 Å². The molecule has 296 valence electrons. The van der Waals surface area contributed by atoms with E-state index in [-0.39, 0.29) is 10.8 Å². The van der Waals surface area contributed by atoms with Crippen LogP contribution in [0.25, 0.3) is 75.8 Å². The third kappa shape index (κ3) is 5.60. The Kier molecular flexibility index (Phi) is 8.17. The highest BCUT2D eigenvalue weighted by atomic mass is 32.1. The lowest BCUT2D eigenvalue weighted by atomic mass is 9.82. The quantitative estimate of drug-likeness (QED) is 0.162. The molecule has 1 heterocycles. The zero-order chi connectivity index (χ0) is 41.7. The summed E-state index contributed by atoms with van der Waals surface area (Å²) >= 11 is 1.87. The fourth-order valence-electron chi connectivity index (χ4n) is 10.6. The first-order chi connectivity index (χ1) is 30.2. The number of benzene rings is 9. The maximum Gasteiger partial charge on any atom is 0.0543 e. The molecule has 0 radical (unpaired) electrons. The number of anilines is 3. The number of hydrogen-bond acceptors (Lipinski definition) is 2. The van der Waals surface area contributed by atoms with E-state index in [0.29, 0.717) is 0 Å². The molecule has 0 atom stereocenters. The second-order valence-corrected chi connectivity index (χ2v) is 19.2. The second kappa shape index (κ2) is 13.8. The summed E-state index contributed by atoms with van der Waals surface area (Å²) in [5.74, 6) is 0. The van der Waals surface area contributed by atoms with Crippen molar-refractivity contribution in [2.75, 3.05) is 4.90 Å². The van der Waals surface area contributed by atoms with Gasteiger partial charge in [-0.1, -0.05) is 173 Å². The Bertz CT molecular complexity index is 3380. The van der Waals surface area contributed by atoms with Gasteiger partial charge in [-0.15, -0.1) is 11.3 Å². The molecule has 0 unspecified atom stereocenters. The van der Waals surface area contributed by atoms with Gasteiger partial charge in [0.1, 0.15) is 0 Å². The topological polar surface area (TPSA) is 3.24 Å². The van der Waals surface area contributed by atoms with Crippen LogP contribution < -0.4 is 4.90 Å². The fraction of sp³-hybridized carbons (Fsp3) is 0.100. The summed E-state index contributed by atoms with van der Waals surface area (Å²) in [6.07, 6.45) is 0. The Balaban J connectivity index is 0.911. The van der Waals surface area contributed by atoms with Gasteiger partial charge in [0, 0.05) is 47.9 Å². The molecule has 0 saturated carbocycles. The second-order valence-electron chi connectivity index (χ2n) is 18.1. The van der Waals surface area contributed by atoms with E-state index in [2.05, 4.69) is 233 Å². The summed E-state index contributed by atoms with van der Waals surface area (Å²) in [4.78, 5) is 2.45. The predicted octanol–water partition coefficient (Wildman–Crippen LogP) is 17.1. The van der Waals surface area contributed by atoms with Crippen molar-refractivity contribution in [1.29, 1.82) is 0 Å². The molecule has 12 rings (SSSR count). The third-order valence-electron chi connectivity index (χ3n) is 13.9. The summed E-state index contributed by atoms with van der Waals surface area (Å²) in [6, 6.07) is 74.7. The molecule has 2 heteroatoms. The van der Waals surface area contributed by atoms with Crippen molar-refractivity contribution < 1.29 is 0 Å². The Morgan fingerprint density at radius 3 is 1.50 bits per heavy atom. The lowest BCUT2D eigenvalue weighted by molar-refractivity contribution is 0.660. The molecule has 1 nitrogen and oxygen atoms in total. The fourth-order valence-corrected chi connectivity index (χ4v) is 11.7. The Hall–Kier alpha value is -7.00. The SMILES string of the molecule is CC1(C)c2ccccc2-c2cc(-c3ccc(-c4ccc(N(c5ccc(-c6ccc7sc8ccccc8c7c6)cc5)c5cccc6c5-c5ccccc5C6(C)C)cc4)cc3)ccc21. The van der Waals surface area contributed by atoms with E-state index in [4.69, 9.17) is 0 Å². The minimum Gasteiger partial charge on any atom is -0.310 e. The molecule has 1 aromatic heterocycles. The van der Waals surface area contributed by atoms with Crippen LogP contribution in [0.2, 0.25) is 0 Å². The van der Waals surface area contributed by atoms with E-state index in [1.807, 2.05) is 11.3 Å². The molecule has 0 aliphatic heterocycles. The molecule has 62 heavy (non-hydrogen) atoms. The number of nitrogens with zero attached hydrogens (tertiary/aromatic N) is 1. The highest BCUT2D eigenvalue weighted by molar-refractivity contribution is 7.25. The number of thiophene rings is 1. The normalized spacial score (nSPS) is 14.1. The van der Waals surface area contributed by atoms with Gasteiger partial charge in [-0.05, 0) is 127 Å². The Morgan fingerprint density at radius 2 is 0.806 bits per heavy atom. The molecule has 2 aliphatic rings. The smallest absolute Gasteiger partial charge is 0.0543 e. The maximum atomic E-state index is 2.45. The van der Waals surface area contributed by atoms with Crippen molar-refractivity contribution in [3.05, 3.63) is 222 Å². The average molecular weight is 812 g/mol. The molecular formula is C60H45NS. The van der Waals surface area contributed by atoms with Gasteiger partial charge in [0.05, 0.1) is 5.69 Å². The van der Waals surface area contributed by atoms with Crippen LogP contribution in [0.5, 0.6) is 0 Å². The van der Waals surface area contributed by atoms with Crippen molar-refractivity contribution in [3.63, 3.8) is 0 Å². The standard InChI is InChI=1S/C60H45NS/c1-59(2)51-15-8-5-12-46(51)49-36-42(28-34-53(49)59)40-22-20-38(21-23-40)39-24-30-44(31-25-39)61(55-18-11-17-54-58(55)48-14-6-9-16-52(48)60(54,3)4)45-32-26-41(27-33-45)43-29-35-57-50(37-43)47-13-7-10-19-56(47)62-57/h5-37H,1-4H3.